The van der Waals surface area contributed by atoms with Gasteiger partial charge in [0.15, 0.2) is 11.4 Å². The fraction of sp³-hybridized carbons (Fsp3) is 0.484. The molecule has 4 aliphatic rings. The van der Waals surface area contributed by atoms with Crippen LogP contribution in [-0.2, 0) is 28.3 Å². The molecule has 3 saturated heterocycles. The van der Waals surface area contributed by atoms with Gasteiger partial charge in [-0.3, -0.25) is 0 Å². The van der Waals surface area contributed by atoms with Gasteiger partial charge in [0.05, 0.1) is 25.9 Å². The summed E-state index contributed by atoms with van der Waals surface area (Å²) < 4.78 is 13.9. The van der Waals surface area contributed by atoms with Crippen LogP contribution >= 0.6 is 0 Å². The zero-order valence-electron chi connectivity index (χ0n) is 21.9. The van der Waals surface area contributed by atoms with Crippen LogP contribution in [0.25, 0.3) is 0 Å². The number of ether oxygens (including phenoxy) is 1. The normalized spacial score (nSPS) is 26.3. The quantitative estimate of drug-likeness (QED) is 0.360. The maximum Gasteiger partial charge on any atom is 0.231 e. The SMILES string of the molecule is O=C[O-].O[C@](c1ccccc1)(c1ncc(C[N+]23CCC(CC2)[C@@H](OCc2ccccc2)C3)o1)C1CCCC1. The molecule has 2 bridgehead atoms. The molecule has 7 rings (SSSR count). The summed E-state index contributed by atoms with van der Waals surface area (Å²) in [6.45, 7) is 4.36. The number of hydrogen-bond donors (Lipinski definition) is 1. The van der Waals surface area contributed by atoms with Crippen LogP contribution in [0, 0.1) is 11.8 Å². The third-order valence-corrected chi connectivity index (χ3v) is 8.88. The van der Waals surface area contributed by atoms with E-state index in [4.69, 9.17) is 24.0 Å². The van der Waals surface area contributed by atoms with Gasteiger partial charge < -0.3 is 28.6 Å². The highest BCUT2D eigenvalue weighted by Gasteiger charge is 2.48. The molecule has 1 aliphatic carbocycles. The molecular weight excluding hydrogens is 480 g/mol. The number of oxazole rings is 1. The number of carbonyl (C=O) groups excluding carboxylic acids is 1. The third-order valence-electron chi connectivity index (χ3n) is 8.88. The van der Waals surface area contributed by atoms with Gasteiger partial charge in [0, 0.05) is 31.1 Å². The van der Waals surface area contributed by atoms with E-state index in [1.807, 2.05) is 36.5 Å². The number of rotatable bonds is 8. The molecule has 3 aliphatic heterocycles. The molecule has 0 radical (unpaired) electrons. The lowest BCUT2D eigenvalue weighted by molar-refractivity contribution is -0.959. The Hall–Kier alpha value is -3.00. The van der Waals surface area contributed by atoms with Crippen LogP contribution in [0.4, 0.5) is 0 Å². The molecule has 202 valence electrons. The van der Waals surface area contributed by atoms with E-state index in [0.29, 0.717) is 24.5 Å². The van der Waals surface area contributed by atoms with Crippen LogP contribution in [-0.4, -0.2) is 46.8 Å². The van der Waals surface area contributed by atoms with Crippen LogP contribution in [0.5, 0.6) is 0 Å². The van der Waals surface area contributed by atoms with Crippen molar-refractivity contribution in [2.75, 3.05) is 19.6 Å². The first-order chi connectivity index (χ1) is 18.6. The van der Waals surface area contributed by atoms with E-state index in [0.717, 1.165) is 67.7 Å². The number of fused-ring (bicyclic) bond motifs is 3. The number of nitrogens with zero attached hydrogens (tertiary/aromatic N) is 2. The molecule has 38 heavy (non-hydrogen) atoms. The molecule has 4 fully saturated rings. The molecule has 0 unspecified atom stereocenters. The van der Waals surface area contributed by atoms with E-state index >= 15 is 0 Å². The predicted octanol–water partition coefficient (Wildman–Crippen LogP) is 3.79. The van der Waals surface area contributed by atoms with E-state index < -0.39 is 12.1 Å². The number of piperidine rings is 3. The molecule has 0 amide bonds. The summed E-state index contributed by atoms with van der Waals surface area (Å²) in [7, 11) is 0. The molecule has 2 aromatic carbocycles. The van der Waals surface area contributed by atoms with E-state index in [1.165, 1.54) is 18.4 Å². The molecule has 0 spiro atoms. The minimum absolute atomic E-state index is 0.143. The maximum atomic E-state index is 12.0. The average Bonchev–Trinajstić information content (AvgIpc) is 3.67. The molecule has 2 atom stereocenters. The maximum absolute atomic E-state index is 12.0. The van der Waals surface area contributed by atoms with Gasteiger partial charge in [-0.2, -0.15) is 0 Å². The Morgan fingerprint density at radius 2 is 1.66 bits per heavy atom. The molecule has 7 heteroatoms. The van der Waals surface area contributed by atoms with E-state index in [-0.39, 0.29) is 5.92 Å². The number of aromatic nitrogens is 1. The van der Waals surface area contributed by atoms with Gasteiger partial charge in [0.1, 0.15) is 19.2 Å². The van der Waals surface area contributed by atoms with Crippen LogP contribution in [0.1, 0.15) is 61.3 Å². The third kappa shape index (κ3) is 5.55. The number of hydrogen-bond acceptors (Lipinski definition) is 6. The first kappa shape index (κ1) is 26.6. The highest BCUT2D eigenvalue weighted by atomic mass is 16.5. The van der Waals surface area contributed by atoms with Crippen molar-refractivity contribution in [3.05, 3.63) is 89.6 Å². The second-order valence-electron chi connectivity index (χ2n) is 11.1. The van der Waals surface area contributed by atoms with Gasteiger partial charge in [-0.05, 0) is 24.0 Å². The molecule has 1 saturated carbocycles. The summed E-state index contributed by atoms with van der Waals surface area (Å²) >= 11 is 0. The van der Waals surface area contributed by atoms with Crippen molar-refractivity contribution in [2.45, 2.75) is 63.4 Å². The Bertz CT molecular complexity index is 1150. The summed E-state index contributed by atoms with van der Waals surface area (Å²) in [5, 5.41) is 20.3. The zero-order valence-corrected chi connectivity index (χ0v) is 21.9. The highest BCUT2D eigenvalue weighted by molar-refractivity contribution is 5.30. The molecule has 1 aromatic heterocycles. The Balaban J connectivity index is 0.000000937. The first-order valence-corrected chi connectivity index (χ1v) is 13.9. The van der Waals surface area contributed by atoms with Gasteiger partial charge in [0.2, 0.25) is 5.89 Å². The van der Waals surface area contributed by atoms with Gasteiger partial charge in [-0.25, -0.2) is 4.98 Å². The molecular formula is C31H38N2O5. The first-order valence-electron chi connectivity index (χ1n) is 13.9. The van der Waals surface area contributed by atoms with Crippen molar-refractivity contribution in [1.82, 2.24) is 4.98 Å². The Morgan fingerprint density at radius 1 is 1.03 bits per heavy atom. The highest BCUT2D eigenvalue weighted by Crippen LogP contribution is 2.45. The van der Waals surface area contributed by atoms with Gasteiger partial charge in [0.25, 0.3) is 0 Å². The van der Waals surface area contributed by atoms with E-state index in [2.05, 4.69) is 30.3 Å². The number of carboxylic acid groups (broad SMARTS) is 1. The number of quaternary nitrogens is 1. The second-order valence-corrected chi connectivity index (χ2v) is 11.1. The standard InChI is InChI=1S/C30H37N2O3.CH2O2/c33-30(26-13-7-8-14-26,25-11-5-2-6-12-25)29-31-19-27(35-29)20-32-17-15-24(16-18-32)28(21-32)34-22-23-9-3-1-4-10-23;2-1-3/h1-6,9-12,19,24,26,28,33H,7-8,13-18,20-22H2;1H,(H,2,3)/q+1;/p-1/t24?,28-,30-,32?;/m0./s1. The summed E-state index contributed by atoms with van der Waals surface area (Å²) in [4.78, 5) is 12.9. The minimum atomic E-state index is -1.16. The lowest BCUT2D eigenvalue weighted by Crippen LogP contribution is -2.63. The smallest absolute Gasteiger partial charge is 0.231 e. The molecule has 3 aromatic rings. The summed E-state index contributed by atoms with van der Waals surface area (Å²) in [6.07, 6.45) is 8.88. The summed E-state index contributed by atoms with van der Waals surface area (Å²) in [6, 6.07) is 20.5. The van der Waals surface area contributed by atoms with E-state index in [9.17, 15) is 5.11 Å². The van der Waals surface area contributed by atoms with Gasteiger partial charge in [-0.15, -0.1) is 0 Å². The Morgan fingerprint density at radius 3 is 2.32 bits per heavy atom. The fourth-order valence-corrected chi connectivity index (χ4v) is 6.87. The van der Waals surface area contributed by atoms with Crippen molar-refractivity contribution < 1.29 is 28.6 Å². The van der Waals surface area contributed by atoms with Crippen LogP contribution in [0.3, 0.4) is 0 Å². The second kappa shape index (κ2) is 11.8. The molecule has 4 heterocycles. The molecule has 1 N–H and O–H groups in total. The zero-order chi connectivity index (χ0) is 26.4. The fourth-order valence-electron chi connectivity index (χ4n) is 6.87. The minimum Gasteiger partial charge on any atom is -0.554 e. The summed E-state index contributed by atoms with van der Waals surface area (Å²) in [5.41, 5.74) is 0.967. The van der Waals surface area contributed by atoms with E-state index in [1.54, 1.807) is 0 Å². The molecule has 7 nitrogen and oxygen atoms in total. The number of aliphatic hydroxyl groups is 1. The lowest BCUT2D eigenvalue weighted by Gasteiger charge is -2.52. The Labute approximate surface area is 224 Å². The monoisotopic (exact) mass is 518 g/mol. The largest absolute Gasteiger partial charge is 0.554 e. The number of benzene rings is 2. The Kier molecular flexibility index (Phi) is 8.27. The lowest BCUT2D eigenvalue weighted by atomic mass is 9.80. The van der Waals surface area contributed by atoms with Crippen molar-refractivity contribution in [1.29, 1.82) is 0 Å². The number of carbonyl (C=O) groups is 1. The van der Waals surface area contributed by atoms with Crippen molar-refractivity contribution in [3.63, 3.8) is 0 Å². The van der Waals surface area contributed by atoms with Crippen LogP contribution in [0.15, 0.2) is 71.3 Å². The average molecular weight is 519 g/mol. The van der Waals surface area contributed by atoms with Gasteiger partial charge in [-0.1, -0.05) is 73.5 Å². The summed E-state index contributed by atoms with van der Waals surface area (Å²) in [5.74, 6) is 2.15. The van der Waals surface area contributed by atoms with Crippen molar-refractivity contribution in [2.24, 2.45) is 11.8 Å². The van der Waals surface area contributed by atoms with Crippen molar-refractivity contribution in [3.8, 4) is 0 Å². The topological polar surface area (TPSA) is 95.6 Å². The van der Waals surface area contributed by atoms with Crippen molar-refractivity contribution >= 4 is 6.47 Å². The predicted molar refractivity (Wildman–Crippen MR) is 140 cm³/mol. The van der Waals surface area contributed by atoms with Crippen LogP contribution < -0.4 is 5.11 Å². The van der Waals surface area contributed by atoms with Crippen LogP contribution in [0.2, 0.25) is 0 Å². The van der Waals surface area contributed by atoms with Gasteiger partial charge >= 0.3 is 0 Å².